The fourth-order valence-corrected chi connectivity index (χ4v) is 2.45. The summed E-state index contributed by atoms with van der Waals surface area (Å²) in [6.45, 7) is 2.36. The smallest absolute Gasteiger partial charge is 0.280 e. The zero-order valence-electron chi connectivity index (χ0n) is 13.0. The minimum Gasteiger partial charge on any atom is -0.382 e. The number of hydrogen-bond acceptors (Lipinski definition) is 4. The lowest BCUT2D eigenvalue weighted by atomic mass is 10.2. The normalized spacial score (nSPS) is 10.6. The molecule has 1 amide bonds. The molecular weight excluding hydrogens is 326 g/mol. The number of aromatic nitrogens is 3. The summed E-state index contributed by atoms with van der Waals surface area (Å²) in [5, 5.41) is 11.2. The largest absolute Gasteiger partial charge is 0.382 e. The standard InChI is InChI=1S/C17H16ClN5O/c1-11-5-7-14(8-6-11)20-17(24)15-16(19)23(22-21-15)10-12-3-2-4-13(18)9-12/h2-9H,10,19H2,1H3,(H,20,24). The Labute approximate surface area is 144 Å². The molecule has 2 aromatic carbocycles. The number of hydrogen-bond donors (Lipinski definition) is 2. The fraction of sp³-hybridized carbons (Fsp3) is 0.118. The summed E-state index contributed by atoms with van der Waals surface area (Å²) in [4.78, 5) is 12.3. The predicted molar refractivity (Wildman–Crippen MR) is 94.1 cm³/mol. The van der Waals surface area contributed by atoms with Crippen molar-refractivity contribution < 1.29 is 4.79 Å². The molecule has 0 atom stereocenters. The second kappa shape index (κ2) is 6.72. The third-order valence-electron chi connectivity index (χ3n) is 3.52. The lowest BCUT2D eigenvalue weighted by molar-refractivity contribution is 0.102. The van der Waals surface area contributed by atoms with Gasteiger partial charge < -0.3 is 11.1 Å². The van der Waals surface area contributed by atoms with Gasteiger partial charge in [0.25, 0.3) is 5.91 Å². The number of carbonyl (C=O) groups excluding carboxylic acids is 1. The Hall–Kier alpha value is -2.86. The Balaban J connectivity index is 1.76. The molecule has 1 heterocycles. The molecule has 0 aliphatic heterocycles. The van der Waals surface area contributed by atoms with Crippen molar-refractivity contribution in [2.24, 2.45) is 0 Å². The SMILES string of the molecule is Cc1ccc(NC(=O)c2nnn(Cc3cccc(Cl)c3)c2N)cc1. The van der Waals surface area contributed by atoms with Crippen molar-refractivity contribution in [3.8, 4) is 0 Å². The maximum atomic E-state index is 12.3. The summed E-state index contributed by atoms with van der Waals surface area (Å²) in [5.74, 6) is -0.187. The van der Waals surface area contributed by atoms with Crippen LogP contribution in [-0.2, 0) is 6.54 Å². The van der Waals surface area contributed by atoms with Crippen LogP contribution in [0.1, 0.15) is 21.6 Å². The molecule has 3 rings (SSSR count). The molecule has 3 N–H and O–H groups in total. The van der Waals surface area contributed by atoms with Gasteiger partial charge in [0, 0.05) is 10.7 Å². The first-order valence-electron chi connectivity index (χ1n) is 7.34. The van der Waals surface area contributed by atoms with Crippen molar-refractivity contribution in [1.82, 2.24) is 15.0 Å². The van der Waals surface area contributed by atoms with Crippen molar-refractivity contribution in [3.05, 3.63) is 70.4 Å². The molecule has 0 unspecified atom stereocenters. The molecule has 122 valence electrons. The van der Waals surface area contributed by atoms with Crippen LogP contribution in [0.5, 0.6) is 0 Å². The Morgan fingerprint density at radius 1 is 1.25 bits per heavy atom. The van der Waals surface area contributed by atoms with Crippen molar-refractivity contribution in [3.63, 3.8) is 0 Å². The fourth-order valence-electron chi connectivity index (χ4n) is 2.23. The van der Waals surface area contributed by atoms with Gasteiger partial charge in [-0.15, -0.1) is 5.10 Å². The van der Waals surface area contributed by atoms with Gasteiger partial charge in [-0.25, -0.2) is 4.68 Å². The van der Waals surface area contributed by atoms with E-state index in [0.717, 1.165) is 11.1 Å². The van der Waals surface area contributed by atoms with Gasteiger partial charge in [-0.05, 0) is 36.8 Å². The first kappa shape index (κ1) is 16.0. The molecular formula is C17H16ClN5O. The third kappa shape index (κ3) is 3.55. The minimum atomic E-state index is -0.395. The molecule has 0 saturated carbocycles. The molecule has 0 radical (unpaired) electrons. The Morgan fingerprint density at radius 3 is 2.71 bits per heavy atom. The van der Waals surface area contributed by atoms with Gasteiger partial charge >= 0.3 is 0 Å². The second-order valence-electron chi connectivity index (χ2n) is 5.43. The lowest BCUT2D eigenvalue weighted by Gasteiger charge is -2.05. The highest BCUT2D eigenvalue weighted by atomic mass is 35.5. The molecule has 0 fully saturated rings. The molecule has 0 bridgehead atoms. The molecule has 0 spiro atoms. The third-order valence-corrected chi connectivity index (χ3v) is 3.75. The average Bonchev–Trinajstić information content (AvgIpc) is 2.91. The van der Waals surface area contributed by atoms with Gasteiger partial charge in [0.1, 0.15) is 0 Å². The summed E-state index contributed by atoms with van der Waals surface area (Å²) in [7, 11) is 0. The summed E-state index contributed by atoms with van der Waals surface area (Å²) >= 11 is 5.97. The number of carbonyl (C=O) groups is 1. The predicted octanol–water partition coefficient (Wildman–Crippen LogP) is 3.12. The monoisotopic (exact) mass is 341 g/mol. The Kier molecular flexibility index (Phi) is 4.48. The van der Waals surface area contributed by atoms with E-state index < -0.39 is 5.91 Å². The van der Waals surface area contributed by atoms with E-state index in [1.165, 1.54) is 4.68 Å². The summed E-state index contributed by atoms with van der Waals surface area (Å²) in [6, 6.07) is 14.8. The summed E-state index contributed by atoms with van der Waals surface area (Å²) in [6.07, 6.45) is 0. The molecule has 0 saturated heterocycles. The van der Waals surface area contributed by atoms with E-state index in [2.05, 4.69) is 15.6 Å². The zero-order valence-corrected chi connectivity index (χ0v) is 13.8. The number of rotatable bonds is 4. The number of nitrogens with two attached hydrogens (primary N) is 1. The molecule has 7 heteroatoms. The van der Waals surface area contributed by atoms with Gasteiger partial charge in [0.2, 0.25) is 0 Å². The number of halogens is 1. The van der Waals surface area contributed by atoms with E-state index in [4.69, 9.17) is 17.3 Å². The highest BCUT2D eigenvalue weighted by Crippen LogP contribution is 2.16. The second-order valence-corrected chi connectivity index (χ2v) is 5.87. The number of nitrogens with zero attached hydrogens (tertiary/aromatic N) is 3. The molecule has 24 heavy (non-hydrogen) atoms. The molecule has 0 aliphatic rings. The van der Waals surface area contributed by atoms with Gasteiger partial charge in [-0.2, -0.15) is 0 Å². The topological polar surface area (TPSA) is 85.8 Å². The van der Waals surface area contributed by atoms with Gasteiger partial charge in [0.15, 0.2) is 11.5 Å². The maximum absolute atomic E-state index is 12.3. The van der Waals surface area contributed by atoms with E-state index >= 15 is 0 Å². The molecule has 3 aromatic rings. The Bertz CT molecular complexity index is 873. The number of nitrogens with one attached hydrogen (secondary N) is 1. The van der Waals surface area contributed by atoms with E-state index in [0.29, 0.717) is 17.3 Å². The van der Waals surface area contributed by atoms with Crippen molar-refractivity contribution in [1.29, 1.82) is 0 Å². The van der Waals surface area contributed by atoms with Crippen molar-refractivity contribution in [2.45, 2.75) is 13.5 Å². The number of aryl methyl sites for hydroxylation is 1. The maximum Gasteiger partial charge on any atom is 0.280 e. The highest BCUT2D eigenvalue weighted by molar-refractivity contribution is 6.30. The van der Waals surface area contributed by atoms with Crippen LogP contribution < -0.4 is 11.1 Å². The van der Waals surface area contributed by atoms with Gasteiger partial charge in [-0.3, -0.25) is 4.79 Å². The van der Waals surface area contributed by atoms with Crippen LogP contribution in [0.2, 0.25) is 5.02 Å². The minimum absolute atomic E-state index is 0.0950. The van der Waals surface area contributed by atoms with Crippen molar-refractivity contribution in [2.75, 3.05) is 11.1 Å². The molecule has 6 nitrogen and oxygen atoms in total. The number of benzene rings is 2. The first-order valence-corrected chi connectivity index (χ1v) is 7.72. The van der Waals surface area contributed by atoms with Crippen LogP contribution in [0.4, 0.5) is 11.5 Å². The van der Waals surface area contributed by atoms with E-state index in [9.17, 15) is 4.79 Å². The van der Waals surface area contributed by atoms with Crippen LogP contribution in [0.15, 0.2) is 48.5 Å². The highest BCUT2D eigenvalue weighted by Gasteiger charge is 2.17. The number of amides is 1. The van der Waals surface area contributed by atoms with E-state index in [1.54, 1.807) is 6.07 Å². The van der Waals surface area contributed by atoms with Crippen LogP contribution in [-0.4, -0.2) is 20.9 Å². The molecule has 1 aromatic heterocycles. The van der Waals surface area contributed by atoms with Crippen LogP contribution >= 0.6 is 11.6 Å². The quantitative estimate of drug-likeness (QED) is 0.763. The van der Waals surface area contributed by atoms with Crippen LogP contribution in [0.3, 0.4) is 0 Å². The number of anilines is 2. The van der Waals surface area contributed by atoms with E-state index in [1.807, 2.05) is 49.4 Å². The molecule has 0 aliphatic carbocycles. The lowest BCUT2D eigenvalue weighted by Crippen LogP contribution is -2.15. The first-order chi connectivity index (χ1) is 11.5. The van der Waals surface area contributed by atoms with Crippen molar-refractivity contribution >= 4 is 29.0 Å². The zero-order chi connectivity index (χ0) is 17.1. The number of nitrogen functional groups attached to an aromatic ring is 1. The van der Waals surface area contributed by atoms with Gasteiger partial charge in [-0.1, -0.05) is 46.6 Å². The van der Waals surface area contributed by atoms with Crippen LogP contribution in [0, 0.1) is 6.92 Å². The van der Waals surface area contributed by atoms with E-state index in [-0.39, 0.29) is 11.5 Å². The Morgan fingerprint density at radius 2 is 2.00 bits per heavy atom. The van der Waals surface area contributed by atoms with Gasteiger partial charge in [0.05, 0.1) is 6.54 Å². The average molecular weight is 342 g/mol. The van der Waals surface area contributed by atoms with Crippen LogP contribution in [0.25, 0.3) is 0 Å². The summed E-state index contributed by atoms with van der Waals surface area (Å²) in [5.41, 5.74) is 8.81. The summed E-state index contributed by atoms with van der Waals surface area (Å²) < 4.78 is 1.47.